The molecule has 2 aromatic carbocycles. The maximum atomic E-state index is 13.3. The highest BCUT2D eigenvalue weighted by Crippen LogP contribution is 2.36. The first-order valence-corrected chi connectivity index (χ1v) is 8.34. The molecule has 0 fully saturated rings. The van der Waals surface area contributed by atoms with Crippen LogP contribution in [0.25, 0.3) is 22.9 Å². The summed E-state index contributed by atoms with van der Waals surface area (Å²) in [7, 11) is 0. The molecule has 0 radical (unpaired) electrons. The average molecular weight is 350 g/mol. The van der Waals surface area contributed by atoms with Gasteiger partial charge >= 0.3 is 0 Å². The van der Waals surface area contributed by atoms with Gasteiger partial charge in [0.25, 0.3) is 0 Å². The third kappa shape index (κ3) is 3.10. The molecule has 0 spiro atoms. The van der Waals surface area contributed by atoms with Crippen molar-refractivity contribution in [3.63, 3.8) is 0 Å². The zero-order valence-corrected chi connectivity index (χ0v) is 13.7. The topological polar surface area (TPSA) is 55.1 Å². The van der Waals surface area contributed by atoms with Crippen LogP contribution in [0, 0.1) is 17.1 Å². The third-order valence-electron chi connectivity index (χ3n) is 3.68. The van der Waals surface area contributed by atoms with Gasteiger partial charge in [0.1, 0.15) is 16.9 Å². The summed E-state index contributed by atoms with van der Waals surface area (Å²) in [6.07, 6.45) is 1.63. The van der Waals surface area contributed by atoms with E-state index >= 15 is 0 Å². The summed E-state index contributed by atoms with van der Waals surface area (Å²) in [5.74, 6) is 1.05. The lowest BCUT2D eigenvalue weighted by Gasteiger charge is -1.99. The molecule has 3 aromatic rings. The van der Waals surface area contributed by atoms with Gasteiger partial charge in [-0.15, -0.1) is 11.3 Å². The molecular weight excluding hydrogens is 339 g/mol. The standard InChI is InChI=1S/C19H11FN2O2S/c20-15-3-1-2-12(7-15)6-14(9-21)19-22-16(10-25-19)13-4-5-17-18(8-13)24-11-23-17/h1-8,10H,11H2/b14-6+. The van der Waals surface area contributed by atoms with Crippen LogP contribution in [0.4, 0.5) is 4.39 Å². The Hall–Kier alpha value is -3.17. The molecule has 4 nitrogen and oxygen atoms in total. The van der Waals surface area contributed by atoms with Crippen LogP contribution in [0.1, 0.15) is 10.6 Å². The van der Waals surface area contributed by atoms with E-state index in [0.717, 1.165) is 11.3 Å². The van der Waals surface area contributed by atoms with E-state index in [1.54, 1.807) is 18.2 Å². The lowest BCUT2D eigenvalue weighted by molar-refractivity contribution is 0.174. The highest BCUT2D eigenvalue weighted by molar-refractivity contribution is 7.11. The van der Waals surface area contributed by atoms with Crippen LogP contribution in [0.2, 0.25) is 0 Å². The highest BCUT2D eigenvalue weighted by Gasteiger charge is 2.16. The Bertz CT molecular complexity index is 1020. The zero-order chi connectivity index (χ0) is 17.2. The minimum absolute atomic E-state index is 0.218. The molecule has 0 N–H and O–H groups in total. The van der Waals surface area contributed by atoms with Gasteiger partial charge in [-0.1, -0.05) is 12.1 Å². The van der Waals surface area contributed by atoms with E-state index in [-0.39, 0.29) is 12.6 Å². The number of aromatic nitrogens is 1. The number of ether oxygens (including phenoxy) is 2. The van der Waals surface area contributed by atoms with Gasteiger partial charge in [-0.2, -0.15) is 5.26 Å². The summed E-state index contributed by atoms with van der Waals surface area (Å²) < 4.78 is 24.0. The van der Waals surface area contributed by atoms with Crippen molar-refractivity contribution in [1.29, 1.82) is 5.26 Å². The van der Waals surface area contributed by atoms with Gasteiger partial charge in [-0.3, -0.25) is 0 Å². The molecule has 2 heterocycles. The van der Waals surface area contributed by atoms with Gasteiger partial charge in [-0.25, -0.2) is 9.37 Å². The van der Waals surface area contributed by atoms with E-state index in [0.29, 0.717) is 27.6 Å². The molecular formula is C19H11FN2O2S. The molecule has 0 aliphatic carbocycles. The second-order valence-electron chi connectivity index (χ2n) is 5.33. The molecule has 25 heavy (non-hydrogen) atoms. The van der Waals surface area contributed by atoms with Crippen molar-refractivity contribution in [2.75, 3.05) is 6.79 Å². The predicted octanol–water partition coefficient (Wildman–Crippen LogP) is 4.74. The van der Waals surface area contributed by atoms with E-state index in [1.807, 2.05) is 23.6 Å². The van der Waals surface area contributed by atoms with E-state index < -0.39 is 0 Å². The summed E-state index contributed by atoms with van der Waals surface area (Å²) in [5, 5.41) is 11.9. The van der Waals surface area contributed by atoms with Crippen molar-refractivity contribution in [3.05, 3.63) is 64.2 Å². The van der Waals surface area contributed by atoms with Crippen LogP contribution in [-0.4, -0.2) is 11.8 Å². The number of hydrogen-bond acceptors (Lipinski definition) is 5. The number of nitriles is 1. The Morgan fingerprint density at radius 3 is 2.92 bits per heavy atom. The van der Waals surface area contributed by atoms with Crippen LogP contribution in [-0.2, 0) is 0 Å². The van der Waals surface area contributed by atoms with Gasteiger partial charge in [0.05, 0.1) is 11.3 Å². The maximum absolute atomic E-state index is 13.3. The summed E-state index contributed by atoms with van der Waals surface area (Å²) in [6, 6.07) is 13.8. The first-order chi connectivity index (χ1) is 12.2. The van der Waals surface area contributed by atoms with Gasteiger partial charge in [0.15, 0.2) is 11.5 Å². The molecule has 6 heteroatoms. The first-order valence-electron chi connectivity index (χ1n) is 7.46. The Balaban J connectivity index is 1.67. The fourth-order valence-electron chi connectivity index (χ4n) is 2.49. The number of thiazole rings is 1. The minimum atomic E-state index is -0.341. The number of allylic oxidation sites excluding steroid dienone is 1. The number of fused-ring (bicyclic) bond motifs is 1. The van der Waals surface area contributed by atoms with E-state index in [2.05, 4.69) is 11.1 Å². The smallest absolute Gasteiger partial charge is 0.231 e. The van der Waals surface area contributed by atoms with Crippen LogP contribution in [0.15, 0.2) is 47.8 Å². The number of halogens is 1. The van der Waals surface area contributed by atoms with Crippen molar-refractivity contribution in [1.82, 2.24) is 4.98 Å². The Kier molecular flexibility index (Phi) is 3.92. The summed E-state index contributed by atoms with van der Waals surface area (Å²) in [5.41, 5.74) is 2.65. The monoisotopic (exact) mass is 350 g/mol. The van der Waals surface area contributed by atoms with Crippen molar-refractivity contribution in [3.8, 4) is 28.8 Å². The lowest BCUT2D eigenvalue weighted by atomic mass is 10.1. The van der Waals surface area contributed by atoms with Crippen LogP contribution < -0.4 is 9.47 Å². The molecule has 0 unspecified atom stereocenters. The first kappa shape index (κ1) is 15.4. The largest absolute Gasteiger partial charge is 0.454 e. The van der Waals surface area contributed by atoms with Gasteiger partial charge in [-0.05, 0) is 42.0 Å². The summed E-state index contributed by atoms with van der Waals surface area (Å²) >= 11 is 1.37. The second kappa shape index (κ2) is 6.38. The average Bonchev–Trinajstić information content (AvgIpc) is 3.28. The summed E-state index contributed by atoms with van der Waals surface area (Å²) in [6.45, 7) is 0.218. The number of hydrogen-bond donors (Lipinski definition) is 0. The van der Waals surface area contributed by atoms with E-state index in [1.165, 1.54) is 23.5 Å². The lowest BCUT2D eigenvalue weighted by Crippen LogP contribution is -1.92. The third-order valence-corrected chi connectivity index (χ3v) is 4.56. The molecule has 4 rings (SSSR count). The van der Waals surface area contributed by atoms with E-state index in [4.69, 9.17) is 9.47 Å². The molecule has 0 atom stereocenters. The van der Waals surface area contributed by atoms with Crippen molar-refractivity contribution >= 4 is 23.0 Å². The van der Waals surface area contributed by atoms with Gasteiger partial charge in [0.2, 0.25) is 6.79 Å². The maximum Gasteiger partial charge on any atom is 0.231 e. The molecule has 1 aliphatic rings. The molecule has 0 bridgehead atoms. The number of rotatable bonds is 3. The predicted molar refractivity (Wildman–Crippen MR) is 93.6 cm³/mol. The Labute approximate surface area is 147 Å². The normalized spacial score (nSPS) is 12.9. The van der Waals surface area contributed by atoms with Gasteiger partial charge < -0.3 is 9.47 Å². The quantitative estimate of drug-likeness (QED) is 0.640. The zero-order valence-electron chi connectivity index (χ0n) is 12.9. The molecule has 0 amide bonds. The van der Waals surface area contributed by atoms with Crippen molar-refractivity contribution < 1.29 is 13.9 Å². The second-order valence-corrected chi connectivity index (χ2v) is 6.19. The van der Waals surface area contributed by atoms with Crippen LogP contribution in [0.3, 0.4) is 0 Å². The molecule has 1 aliphatic heterocycles. The van der Waals surface area contributed by atoms with Gasteiger partial charge in [0, 0.05) is 10.9 Å². The highest BCUT2D eigenvalue weighted by atomic mass is 32.1. The number of benzene rings is 2. The van der Waals surface area contributed by atoms with Crippen molar-refractivity contribution in [2.45, 2.75) is 0 Å². The van der Waals surface area contributed by atoms with E-state index in [9.17, 15) is 9.65 Å². The Morgan fingerprint density at radius 2 is 2.08 bits per heavy atom. The van der Waals surface area contributed by atoms with Crippen molar-refractivity contribution in [2.24, 2.45) is 0 Å². The van der Waals surface area contributed by atoms with Crippen LogP contribution in [0.5, 0.6) is 11.5 Å². The molecule has 122 valence electrons. The Morgan fingerprint density at radius 1 is 1.20 bits per heavy atom. The minimum Gasteiger partial charge on any atom is -0.454 e. The van der Waals surface area contributed by atoms with Crippen LogP contribution >= 0.6 is 11.3 Å². The summed E-state index contributed by atoms with van der Waals surface area (Å²) in [4.78, 5) is 4.53. The fourth-order valence-corrected chi connectivity index (χ4v) is 3.29. The molecule has 1 aromatic heterocycles. The SMILES string of the molecule is N#C/C(=C\c1cccc(F)c1)c1nc(-c2ccc3c(c2)OCO3)cs1. The molecule has 0 saturated carbocycles. The number of nitrogens with zero attached hydrogens (tertiary/aromatic N) is 2. The molecule has 0 saturated heterocycles. The fraction of sp³-hybridized carbons (Fsp3) is 0.0526.